The molecule has 0 spiro atoms. The Hall–Kier alpha value is -3.25. The van der Waals surface area contributed by atoms with Crippen LogP contribution in [0.4, 0.5) is 5.69 Å². The number of hydrogen-bond acceptors (Lipinski definition) is 3. The largest absolute Gasteiger partial charge is 0.488 e. The molecule has 3 nitrogen and oxygen atoms in total. The van der Waals surface area contributed by atoms with Crippen LogP contribution in [-0.2, 0) is 6.61 Å². The van der Waals surface area contributed by atoms with Gasteiger partial charge in [0.1, 0.15) is 18.4 Å². The van der Waals surface area contributed by atoms with Gasteiger partial charge in [0.25, 0.3) is 0 Å². The summed E-state index contributed by atoms with van der Waals surface area (Å²) in [6, 6.07) is 25.4. The Morgan fingerprint density at radius 1 is 0.913 bits per heavy atom. The molecule has 0 bridgehead atoms. The Morgan fingerprint density at radius 3 is 2.39 bits per heavy atom. The molecule has 2 N–H and O–H groups in total. The van der Waals surface area contributed by atoms with Crippen molar-refractivity contribution in [3.63, 3.8) is 0 Å². The predicted octanol–water partition coefficient (Wildman–Crippen LogP) is 4.39. The minimum absolute atomic E-state index is 0.475. The Morgan fingerprint density at radius 2 is 1.65 bits per heavy atom. The van der Waals surface area contributed by atoms with E-state index in [4.69, 9.17) is 15.7 Å². The van der Waals surface area contributed by atoms with E-state index >= 15 is 0 Å². The Labute approximate surface area is 135 Å². The molecular weight excluding hydrogens is 284 g/mol. The zero-order chi connectivity index (χ0) is 16.1. The first-order valence-electron chi connectivity index (χ1n) is 7.33. The molecule has 0 aliphatic heterocycles. The number of para-hydroxylation sites is 1. The second kappa shape index (κ2) is 6.67. The van der Waals surface area contributed by atoms with E-state index in [1.807, 2.05) is 66.7 Å². The molecule has 0 radical (unpaired) electrons. The molecule has 23 heavy (non-hydrogen) atoms. The molecule has 112 valence electrons. The van der Waals surface area contributed by atoms with Crippen LogP contribution in [0.1, 0.15) is 11.1 Å². The van der Waals surface area contributed by atoms with Gasteiger partial charge in [-0.3, -0.25) is 0 Å². The molecule has 0 atom stereocenters. The highest BCUT2D eigenvalue weighted by atomic mass is 16.5. The first kappa shape index (κ1) is 14.7. The summed E-state index contributed by atoms with van der Waals surface area (Å²) in [6.45, 7) is 0.504. The topological polar surface area (TPSA) is 59.0 Å². The fourth-order valence-corrected chi connectivity index (χ4v) is 2.40. The van der Waals surface area contributed by atoms with Crippen molar-refractivity contribution in [1.82, 2.24) is 0 Å². The molecule has 3 aromatic rings. The van der Waals surface area contributed by atoms with Crippen LogP contribution < -0.4 is 10.5 Å². The molecule has 3 heteroatoms. The summed E-state index contributed by atoms with van der Waals surface area (Å²) in [4.78, 5) is 0. The van der Waals surface area contributed by atoms with Crippen LogP contribution in [0.2, 0.25) is 0 Å². The fourth-order valence-electron chi connectivity index (χ4n) is 2.40. The molecule has 0 saturated heterocycles. The first-order valence-corrected chi connectivity index (χ1v) is 7.33. The number of rotatable bonds is 4. The molecule has 0 unspecified atom stereocenters. The average molecular weight is 300 g/mol. The maximum Gasteiger partial charge on any atom is 0.127 e. The lowest BCUT2D eigenvalue weighted by molar-refractivity contribution is 0.307. The van der Waals surface area contributed by atoms with Crippen LogP contribution in [-0.4, -0.2) is 0 Å². The third kappa shape index (κ3) is 3.33. The maximum atomic E-state index is 8.99. The van der Waals surface area contributed by atoms with Crippen LogP contribution in [0.5, 0.6) is 5.75 Å². The highest BCUT2D eigenvalue weighted by molar-refractivity contribution is 5.75. The van der Waals surface area contributed by atoms with Gasteiger partial charge < -0.3 is 10.5 Å². The van der Waals surface area contributed by atoms with E-state index in [2.05, 4.69) is 6.07 Å². The van der Waals surface area contributed by atoms with Crippen LogP contribution >= 0.6 is 0 Å². The standard InChI is InChI=1S/C20H16N2O/c21-13-17-11-10-16(12-19(17)22)18-8-4-5-9-20(18)23-14-15-6-2-1-3-7-15/h1-12H,14,22H2. The molecule has 0 fully saturated rings. The first-order chi connectivity index (χ1) is 11.3. The van der Waals surface area contributed by atoms with Crippen molar-refractivity contribution in [1.29, 1.82) is 5.26 Å². The van der Waals surface area contributed by atoms with E-state index in [1.165, 1.54) is 0 Å². The summed E-state index contributed by atoms with van der Waals surface area (Å²) in [7, 11) is 0. The van der Waals surface area contributed by atoms with Crippen molar-refractivity contribution in [2.45, 2.75) is 6.61 Å². The van der Waals surface area contributed by atoms with Gasteiger partial charge >= 0.3 is 0 Å². The van der Waals surface area contributed by atoms with Crippen molar-refractivity contribution in [3.05, 3.63) is 83.9 Å². The molecule has 0 saturated carbocycles. The molecular formula is C20H16N2O. The molecule has 3 rings (SSSR count). The maximum absolute atomic E-state index is 8.99. The summed E-state index contributed by atoms with van der Waals surface area (Å²) >= 11 is 0. The number of hydrogen-bond donors (Lipinski definition) is 1. The highest BCUT2D eigenvalue weighted by Crippen LogP contribution is 2.32. The predicted molar refractivity (Wildman–Crippen MR) is 91.8 cm³/mol. The third-order valence-corrected chi connectivity index (χ3v) is 3.61. The summed E-state index contributed by atoms with van der Waals surface area (Å²) in [5.74, 6) is 0.792. The van der Waals surface area contributed by atoms with Gasteiger partial charge in [0, 0.05) is 5.56 Å². The normalized spacial score (nSPS) is 10.0. The lowest BCUT2D eigenvalue weighted by Gasteiger charge is -2.12. The van der Waals surface area contributed by atoms with Crippen LogP contribution in [0.3, 0.4) is 0 Å². The smallest absolute Gasteiger partial charge is 0.127 e. The summed E-state index contributed by atoms with van der Waals surface area (Å²) in [6.07, 6.45) is 0. The van der Waals surface area contributed by atoms with Gasteiger partial charge in [-0.1, -0.05) is 54.6 Å². The summed E-state index contributed by atoms with van der Waals surface area (Å²) < 4.78 is 5.97. The molecule has 0 aliphatic carbocycles. The van der Waals surface area contributed by atoms with Gasteiger partial charge in [0.15, 0.2) is 0 Å². The van der Waals surface area contributed by atoms with Gasteiger partial charge in [0.2, 0.25) is 0 Å². The van der Waals surface area contributed by atoms with E-state index in [9.17, 15) is 0 Å². The molecule has 0 heterocycles. The number of nitriles is 1. The summed E-state index contributed by atoms with van der Waals surface area (Å²) in [5, 5.41) is 8.99. The fraction of sp³-hybridized carbons (Fsp3) is 0.0500. The minimum Gasteiger partial charge on any atom is -0.488 e. The molecule has 0 aromatic heterocycles. The Bertz CT molecular complexity index is 851. The van der Waals surface area contributed by atoms with Crippen LogP contribution in [0.15, 0.2) is 72.8 Å². The van der Waals surface area contributed by atoms with Crippen molar-refractivity contribution < 1.29 is 4.74 Å². The Kier molecular flexibility index (Phi) is 4.26. The van der Waals surface area contributed by atoms with Gasteiger partial charge in [-0.25, -0.2) is 0 Å². The van der Waals surface area contributed by atoms with E-state index in [0.717, 1.165) is 22.4 Å². The Balaban J connectivity index is 1.89. The van der Waals surface area contributed by atoms with E-state index in [-0.39, 0.29) is 0 Å². The molecule has 0 amide bonds. The van der Waals surface area contributed by atoms with Gasteiger partial charge in [-0.15, -0.1) is 0 Å². The number of nitrogens with two attached hydrogens (primary N) is 1. The molecule has 3 aromatic carbocycles. The number of anilines is 1. The van der Waals surface area contributed by atoms with Crippen molar-refractivity contribution in [2.75, 3.05) is 5.73 Å². The second-order valence-electron chi connectivity index (χ2n) is 5.18. The highest BCUT2D eigenvalue weighted by Gasteiger charge is 2.08. The lowest BCUT2D eigenvalue weighted by atomic mass is 10.0. The van der Waals surface area contributed by atoms with E-state index in [0.29, 0.717) is 17.9 Å². The van der Waals surface area contributed by atoms with Gasteiger partial charge in [-0.2, -0.15) is 5.26 Å². The minimum atomic E-state index is 0.475. The summed E-state index contributed by atoms with van der Waals surface area (Å²) in [5.41, 5.74) is 9.88. The second-order valence-corrected chi connectivity index (χ2v) is 5.18. The number of nitrogen functional groups attached to an aromatic ring is 1. The quantitative estimate of drug-likeness (QED) is 0.727. The average Bonchev–Trinajstić information content (AvgIpc) is 2.61. The third-order valence-electron chi connectivity index (χ3n) is 3.61. The van der Waals surface area contributed by atoms with Crippen LogP contribution in [0, 0.1) is 11.3 Å². The van der Waals surface area contributed by atoms with Crippen molar-refractivity contribution >= 4 is 5.69 Å². The monoisotopic (exact) mass is 300 g/mol. The molecule has 0 aliphatic rings. The number of ether oxygens (including phenoxy) is 1. The van der Waals surface area contributed by atoms with Crippen LogP contribution in [0.25, 0.3) is 11.1 Å². The van der Waals surface area contributed by atoms with Crippen molar-refractivity contribution in [3.8, 4) is 22.9 Å². The zero-order valence-electron chi connectivity index (χ0n) is 12.6. The van der Waals surface area contributed by atoms with Crippen molar-refractivity contribution in [2.24, 2.45) is 0 Å². The lowest BCUT2D eigenvalue weighted by Crippen LogP contribution is -1.97. The number of nitrogens with zero attached hydrogens (tertiary/aromatic N) is 1. The van der Waals surface area contributed by atoms with Gasteiger partial charge in [-0.05, 0) is 29.3 Å². The number of benzene rings is 3. The zero-order valence-corrected chi connectivity index (χ0v) is 12.6. The van der Waals surface area contributed by atoms with E-state index < -0.39 is 0 Å². The SMILES string of the molecule is N#Cc1ccc(-c2ccccc2OCc2ccccc2)cc1N. The van der Waals surface area contributed by atoms with E-state index in [1.54, 1.807) is 6.07 Å². The van der Waals surface area contributed by atoms with Gasteiger partial charge in [0.05, 0.1) is 11.3 Å².